The van der Waals surface area contributed by atoms with Gasteiger partial charge in [0.05, 0.1) is 18.0 Å². The van der Waals surface area contributed by atoms with Crippen LogP contribution in [0.3, 0.4) is 0 Å². The molecule has 122 valence electrons. The molecule has 1 aromatic rings. The molecule has 0 aromatic heterocycles. The van der Waals surface area contributed by atoms with E-state index in [0.29, 0.717) is 30.8 Å². The van der Waals surface area contributed by atoms with E-state index in [1.54, 1.807) is 17.0 Å². The van der Waals surface area contributed by atoms with E-state index in [-0.39, 0.29) is 11.6 Å². The van der Waals surface area contributed by atoms with Gasteiger partial charge >= 0.3 is 5.97 Å². The van der Waals surface area contributed by atoms with Gasteiger partial charge in [-0.1, -0.05) is 6.07 Å². The van der Waals surface area contributed by atoms with E-state index < -0.39 is 16.8 Å². The van der Waals surface area contributed by atoms with Crippen LogP contribution < -0.4 is 10.6 Å². The van der Waals surface area contributed by atoms with Gasteiger partial charge in [0.2, 0.25) is 5.91 Å². The molecule has 2 N–H and O–H groups in total. The number of anilines is 1. The number of nitrogens with two attached hydrogens (primary N) is 1. The van der Waals surface area contributed by atoms with Gasteiger partial charge in [0.25, 0.3) is 5.69 Å². The molecule has 0 aliphatic carbocycles. The maximum atomic E-state index is 11.3. The Morgan fingerprint density at radius 3 is 2.78 bits per heavy atom. The summed E-state index contributed by atoms with van der Waals surface area (Å²) < 4.78 is 4.48. The van der Waals surface area contributed by atoms with E-state index in [2.05, 4.69) is 4.74 Å². The maximum Gasteiger partial charge on any atom is 0.330 e. The van der Waals surface area contributed by atoms with Gasteiger partial charge in [0.1, 0.15) is 5.69 Å². The first-order valence-electron chi connectivity index (χ1n) is 7.01. The van der Waals surface area contributed by atoms with E-state index in [0.717, 1.165) is 0 Å². The van der Waals surface area contributed by atoms with Crippen LogP contribution in [0, 0.1) is 16.0 Å². The highest BCUT2D eigenvalue weighted by Crippen LogP contribution is 2.33. The summed E-state index contributed by atoms with van der Waals surface area (Å²) in [6.07, 6.45) is 3.22. The summed E-state index contributed by atoms with van der Waals surface area (Å²) in [6.45, 7) is 0.902. The third-order valence-electron chi connectivity index (χ3n) is 3.74. The van der Waals surface area contributed by atoms with Crippen LogP contribution in [0.4, 0.5) is 11.4 Å². The van der Waals surface area contributed by atoms with E-state index in [1.807, 2.05) is 0 Å². The summed E-state index contributed by atoms with van der Waals surface area (Å²) in [5.74, 6) is -1.23. The number of nitro benzene ring substituents is 1. The zero-order valence-corrected chi connectivity index (χ0v) is 12.6. The minimum Gasteiger partial charge on any atom is -0.466 e. The van der Waals surface area contributed by atoms with Crippen molar-refractivity contribution in [1.82, 2.24) is 0 Å². The molecule has 1 saturated heterocycles. The van der Waals surface area contributed by atoms with Crippen molar-refractivity contribution in [3.8, 4) is 0 Å². The Balaban J connectivity index is 2.27. The van der Waals surface area contributed by atoms with Crippen molar-refractivity contribution in [1.29, 1.82) is 0 Å². The monoisotopic (exact) mass is 319 g/mol. The summed E-state index contributed by atoms with van der Waals surface area (Å²) in [7, 11) is 1.25. The molecule has 1 aliphatic rings. The summed E-state index contributed by atoms with van der Waals surface area (Å²) in [4.78, 5) is 34.9. The van der Waals surface area contributed by atoms with Crippen molar-refractivity contribution in [2.75, 3.05) is 25.1 Å². The van der Waals surface area contributed by atoms with Crippen LogP contribution in [-0.4, -0.2) is 37.0 Å². The van der Waals surface area contributed by atoms with Gasteiger partial charge in [0, 0.05) is 25.2 Å². The normalized spacial score (nSPS) is 17.4. The van der Waals surface area contributed by atoms with Crippen molar-refractivity contribution < 1.29 is 19.2 Å². The van der Waals surface area contributed by atoms with Crippen LogP contribution >= 0.6 is 0 Å². The lowest BCUT2D eigenvalue weighted by Gasteiger charge is -2.18. The zero-order valence-electron chi connectivity index (χ0n) is 12.6. The number of carbonyl (C=O) groups excluding carboxylic acids is 2. The minimum absolute atomic E-state index is 0.0814. The van der Waals surface area contributed by atoms with E-state index in [9.17, 15) is 19.7 Å². The lowest BCUT2D eigenvalue weighted by molar-refractivity contribution is -0.384. The van der Waals surface area contributed by atoms with Crippen LogP contribution in [-0.2, 0) is 14.3 Å². The highest BCUT2D eigenvalue weighted by atomic mass is 16.6. The van der Waals surface area contributed by atoms with Crippen LogP contribution in [0.1, 0.15) is 12.0 Å². The molecule has 1 atom stereocenters. The second-order valence-electron chi connectivity index (χ2n) is 5.20. The van der Waals surface area contributed by atoms with Gasteiger partial charge in [-0.3, -0.25) is 14.9 Å². The molecule has 0 bridgehead atoms. The molecular formula is C15H17N3O5. The largest absolute Gasteiger partial charge is 0.466 e. The highest BCUT2D eigenvalue weighted by Gasteiger charge is 2.30. The molecule has 0 spiro atoms. The van der Waals surface area contributed by atoms with E-state index in [4.69, 9.17) is 5.73 Å². The Morgan fingerprint density at radius 2 is 2.22 bits per heavy atom. The number of nitrogens with zero attached hydrogens (tertiary/aromatic N) is 2. The van der Waals surface area contributed by atoms with Crippen molar-refractivity contribution in [2.45, 2.75) is 6.42 Å². The lowest BCUT2D eigenvalue weighted by Crippen LogP contribution is -2.27. The van der Waals surface area contributed by atoms with Gasteiger partial charge in [-0.05, 0) is 24.1 Å². The van der Waals surface area contributed by atoms with Crippen molar-refractivity contribution >= 4 is 29.3 Å². The molecule has 1 aliphatic heterocycles. The molecule has 1 aromatic carbocycles. The lowest BCUT2D eigenvalue weighted by atomic mass is 10.1. The molecule has 1 amide bonds. The van der Waals surface area contributed by atoms with Crippen LogP contribution in [0.25, 0.3) is 6.08 Å². The molecule has 8 heteroatoms. The van der Waals surface area contributed by atoms with Crippen LogP contribution in [0.15, 0.2) is 24.3 Å². The topological polar surface area (TPSA) is 116 Å². The molecule has 23 heavy (non-hydrogen) atoms. The van der Waals surface area contributed by atoms with Gasteiger partial charge < -0.3 is 15.4 Å². The standard InChI is InChI=1S/C15H17N3O5/c1-23-14(19)5-3-10-2-4-12(13(8-10)18(21)22)17-7-6-11(9-17)15(16)20/h2-5,8,11H,6-7,9H2,1H3,(H2,16,20). The van der Waals surface area contributed by atoms with Gasteiger partial charge in [0.15, 0.2) is 0 Å². The van der Waals surface area contributed by atoms with Gasteiger partial charge in [-0.15, -0.1) is 0 Å². The Kier molecular flexibility index (Phi) is 4.95. The number of primary amides is 1. The van der Waals surface area contributed by atoms with Gasteiger partial charge in [-0.2, -0.15) is 0 Å². The molecule has 0 saturated carbocycles. The predicted octanol–water partition coefficient (Wildman–Crippen LogP) is 1.09. The smallest absolute Gasteiger partial charge is 0.330 e. The SMILES string of the molecule is COC(=O)C=Cc1ccc(N2CCC(C(N)=O)C2)c([N+](=O)[O-])c1. The number of benzene rings is 1. The number of carbonyl (C=O) groups is 2. The number of rotatable bonds is 5. The Hall–Kier alpha value is -2.90. The number of methoxy groups -OCH3 is 1. The number of nitro groups is 1. The molecule has 8 nitrogen and oxygen atoms in total. The quantitative estimate of drug-likeness (QED) is 0.376. The fourth-order valence-corrected chi connectivity index (χ4v) is 2.50. The molecule has 0 radical (unpaired) electrons. The molecule has 1 unspecified atom stereocenters. The second kappa shape index (κ2) is 6.91. The average Bonchev–Trinajstić information content (AvgIpc) is 3.02. The third kappa shape index (κ3) is 3.85. The summed E-state index contributed by atoms with van der Waals surface area (Å²) in [5, 5.41) is 11.3. The van der Waals surface area contributed by atoms with Crippen molar-refractivity contribution in [3.05, 3.63) is 40.0 Å². The van der Waals surface area contributed by atoms with Gasteiger partial charge in [-0.25, -0.2) is 4.79 Å². The number of hydrogen-bond acceptors (Lipinski definition) is 6. The Labute approximate surface area is 132 Å². The number of esters is 1. The molecular weight excluding hydrogens is 302 g/mol. The first-order chi connectivity index (χ1) is 10.9. The number of ether oxygens (including phenoxy) is 1. The minimum atomic E-state index is -0.541. The average molecular weight is 319 g/mol. The van der Waals surface area contributed by atoms with Crippen molar-refractivity contribution in [2.24, 2.45) is 11.7 Å². The zero-order chi connectivity index (χ0) is 17.0. The highest BCUT2D eigenvalue weighted by molar-refractivity contribution is 5.87. The second-order valence-corrected chi connectivity index (χ2v) is 5.20. The third-order valence-corrected chi connectivity index (χ3v) is 3.74. The predicted molar refractivity (Wildman–Crippen MR) is 83.7 cm³/mol. The molecule has 1 fully saturated rings. The van der Waals surface area contributed by atoms with E-state index >= 15 is 0 Å². The molecule has 1 heterocycles. The van der Waals surface area contributed by atoms with Crippen LogP contribution in [0.5, 0.6) is 0 Å². The summed E-state index contributed by atoms with van der Waals surface area (Å²) >= 11 is 0. The summed E-state index contributed by atoms with van der Waals surface area (Å²) in [5.41, 5.74) is 6.16. The Bertz CT molecular complexity index is 671. The fraction of sp³-hybridized carbons (Fsp3) is 0.333. The first kappa shape index (κ1) is 16.5. The number of hydrogen-bond donors (Lipinski definition) is 1. The fourth-order valence-electron chi connectivity index (χ4n) is 2.50. The van der Waals surface area contributed by atoms with Crippen LogP contribution in [0.2, 0.25) is 0 Å². The number of amides is 1. The molecule has 2 rings (SSSR count). The summed E-state index contributed by atoms with van der Waals surface area (Å²) in [6, 6.07) is 4.66. The maximum absolute atomic E-state index is 11.3. The van der Waals surface area contributed by atoms with E-state index in [1.165, 1.54) is 25.3 Å². The first-order valence-corrected chi connectivity index (χ1v) is 7.01. The van der Waals surface area contributed by atoms with Crippen molar-refractivity contribution in [3.63, 3.8) is 0 Å². The Morgan fingerprint density at radius 1 is 1.48 bits per heavy atom.